The van der Waals surface area contributed by atoms with Crippen LogP contribution in [0.25, 0.3) is 0 Å². The van der Waals surface area contributed by atoms with Gasteiger partial charge in [-0.3, -0.25) is 4.79 Å². The first-order valence-corrected chi connectivity index (χ1v) is 6.64. The number of rotatable bonds is 2. The van der Waals surface area contributed by atoms with E-state index in [0.717, 1.165) is 4.47 Å². The molecule has 2 aromatic rings. The highest BCUT2D eigenvalue weighted by molar-refractivity contribution is 9.10. The van der Waals surface area contributed by atoms with Gasteiger partial charge in [-0.1, -0.05) is 35.3 Å². The van der Waals surface area contributed by atoms with E-state index in [-0.39, 0.29) is 5.91 Å². The van der Waals surface area contributed by atoms with Gasteiger partial charge in [0.25, 0.3) is 5.91 Å². The monoisotopic (exact) mass is 343 g/mol. The maximum atomic E-state index is 12.0. The van der Waals surface area contributed by atoms with Gasteiger partial charge in [0.15, 0.2) is 0 Å². The lowest BCUT2D eigenvalue weighted by Gasteiger charge is -2.07. The molecule has 0 aromatic heterocycles. The third-order valence-electron chi connectivity index (χ3n) is 2.30. The smallest absolute Gasteiger partial charge is 0.256 e. The zero-order valence-corrected chi connectivity index (χ0v) is 12.2. The van der Waals surface area contributed by atoms with Gasteiger partial charge in [-0.25, -0.2) is 0 Å². The SMILES string of the molecule is O=C(Nc1ccc(Cl)c(Cl)c1)c1ccccc1Br. The van der Waals surface area contributed by atoms with E-state index in [1.54, 1.807) is 30.3 Å². The molecular weight excluding hydrogens is 337 g/mol. The molecule has 1 N–H and O–H groups in total. The molecule has 0 atom stereocenters. The molecule has 0 fully saturated rings. The highest BCUT2D eigenvalue weighted by Gasteiger charge is 2.10. The van der Waals surface area contributed by atoms with Crippen molar-refractivity contribution >= 4 is 50.7 Å². The van der Waals surface area contributed by atoms with E-state index < -0.39 is 0 Å². The summed E-state index contributed by atoms with van der Waals surface area (Å²) in [6, 6.07) is 12.1. The van der Waals surface area contributed by atoms with Crippen molar-refractivity contribution in [2.45, 2.75) is 0 Å². The predicted molar refractivity (Wildman–Crippen MR) is 78.6 cm³/mol. The van der Waals surface area contributed by atoms with Gasteiger partial charge in [0.05, 0.1) is 15.6 Å². The molecule has 2 nitrogen and oxygen atoms in total. The van der Waals surface area contributed by atoms with Crippen LogP contribution in [0.1, 0.15) is 10.4 Å². The normalized spacial score (nSPS) is 10.2. The van der Waals surface area contributed by atoms with E-state index >= 15 is 0 Å². The van der Waals surface area contributed by atoms with Gasteiger partial charge in [-0.15, -0.1) is 0 Å². The first-order valence-electron chi connectivity index (χ1n) is 5.09. The number of benzene rings is 2. The second-order valence-electron chi connectivity index (χ2n) is 3.56. The van der Waals surface area contributed by atoms with Crippen LogP contribution >= 0.6 is 39.1 Å². The van der Waals surface area contributed by atoms with Crippen molar-refractivity contribution in [1.82, 2.24) is 0 Å². The summed E-state index contributed by atoms with van der Waals surface area (Å²) in [5.74, 6) is -0.208. The van der Waals surface area contributed by atoms with Gasteiger partial charge in [0.1, 0.15) is 0 Å². The molecule has 0 radical (unpaired) electrons. The van der Waals surface area contributed by atoms with E-state index in [0.29, 0.717) is 21.3 Å². The minimum atomic E-state index is -0.208. The fourth-order valence-electron chi connectivity index (χ4n) is 1.42. The van der Waals surface area contributed by atoms with Crippen LogP contribution in [0.3, 0.4) is 0 Å². The van der Waals surface area contributed by atoms with Gasteiger partial charge in [0, 0.05) is 10.2 Å². The molecule has 0 aliphatic carbocycles. The Bertz CT molecular complexity index is 601. The summed E-state index contributed by atoms with van der Waals surface area (Å²) in [6.07, 6.45) is 0. The lowest BCUT2D eigenvalue weighted by Crippen LogP contribution is -2.12. The Labute approximate surface area is 123 Å². The Balaban J connectivity index is 2.22. The van der Waals surface area contributed by atoms with Crippen molar-refractivity contribution in [2.24, 2.45) is 0 Å². The zero-order valence-electron chi connectivity index (χ0n) is 9.08. The van der Waals surface area contributed by atoms with Gasteiger partial charge in [-0.05, 0) is 46.3 Å². The maximum Gasteiger partial charge on any atom is 0.256 e. The molecule has 2 aromatic carbocycles. The molecule has 0 aliphatic rings. The first kappa shape index (κ1) is 13.4. The standard InChI is InChI=1S/C13H8BrCl2NO/c14-10-4-2-1-3-9(10)13(18)17-8-5-6-11(15)12(16)7-8/h1-7H,(H,17,18). The number of carbonyl (C=O) groups excluding carboxylic acids is 1. The zero-order chi connectivity index (χ0) is 13.1. The number of anilines is 1. The van der Waals surface area contributed by atoms with Crippen molar-refractivity contribution in [2.75, 3.05) is 5.32 Å². The average Bonchev–Trinajstić information content (AvgIpc) is 2.34. The Morgan fingerprint density at radius 1 is 1.06 bits per heavy atom. The van der Waals surface area contributed by atoms with Gasteiger partial charge >= 0.3 is 0 Å². The quantitative estimate of drug-likeness (QED) is 0.815. The molecule has 0 spiro atoms. The molecule has 92 valence electrons. The summed E-state index contributed by atoms with van der Waals surface area (Å²) in [4.78, 5) is 12.0. The van der Waals surface area contributed by atoms with Crippen LogP contribution in [0.2, 0.25) is 10.0 Å². The Morgan fingerprint density at radius 3 is 2.44 bits per heavy atom. The van der Waals surface area contributed by atoms with E-state index in [4.69, 9.17) is 23.2 Å². The fraction of sp³-hybridized carbons (Fsp3) is 0. The number of carbonyl (C=O) groups is 1. The van der Waals surface area contributed by atoms with E-state index in [9.17, 15) is 4.79 Å². The highest BCUT2D eigenvalue weighted by atomic mass is 79.9. The molecule has 0 heterocycles. The molecule has 2 rings (SSSR count). The molecule has 0 unspecified atom stereocenters. The number of halogens is 3. The van der Waals surface area contributed by atoms with Gasteiger partial charge in [0.2, 0.25) is 0 Å². The van der Waals surface area contributed by atoms with Crippen molar-refractivity contribution < 1.29 is 4.79 Å². The number of hydrogen-bond donors (Lipinski definition) is 1. The number of amides is 1. The van der Waals surface area contributed by atoms with Crippen LogP contribution in [0.5, 0.6) is 0 Å². The summed E-state index contributed by atoms with van der Waals surface area (Å²) in [7, 11) is 0. The molecule has 0 bridgehead atoms. The Morgan fingerprint density at radius 2 is 1.78 bits per heavy atom. The van der Waals surface area contributed by atoms with Crippen molar-refractivity contribution in [1.29, 1.82) is 0 Å². The summed E-state index contributed by atoms with van der Waals surface area (Å²) in [5, 5.41) is 3.61. The largest absolute Gasteiger partial charge is 0.322 e. The van der Waals surface area contributed by atoms with Crippen LogP contribution in [-0.2, 0) is 0 Å². The lowest BCUT2D eigenvalue weighted by atomic mass is 10.2. The molecule has 0 aliphatic heterocycles. The molecule has 5 heteroatoms. The van der Waals surface area contributed by atoms with Crippen molar-refractivity contribution in [3.63, 3.8) is 0 Å². The van der Waals surface area contributed by atoms with Crippen molar-refractivity contribution in [3.8, 4) is 0 Å². The first-order chi connectivity index (χ1) is 8.58. The van der Waals surface area contributed by atoms with Gasteiger partial charge < -0.3 is 5.32 Å². The molecule has 0 saturated heterocycles. The lowest BCUT2D eigenvalue weighted by molar-refractivity contribution is 0.102. The molecule has 0 saturated carbocycles. The summed E-state index contributed by atoms with van der Waals surface area (Å²) in [6.45, 7) is 0. The van der Waals surface area contributed by atoms with Crippen LogP contribution < -0.4 is 5.32 Å². The minimum Gasteiger partial charge on any atom is -0.322 e. The molecule has 1 amide bonds. The van der Waals surface area contributed by atoms with E-state index in [1.807, 2.05) is 12.1 Å². The van der Waals surface area contributed by atoms with Crippen LogP contribution in [-0.4, -0.2) is 5.91 Å². The number of nitrogens with one attached hydrogen (secondary N) is 1. The third kappa shape index (κ3) is 3.05. The Kier molecular flexibility index (Phi) is 4.27. The highest BCUT2D eigenvalue weighted by Crippen LogP contribution is 2.25. The third-order valence-corrected chi connectivity index (χ3v) is 3.73. The molecular formula is C13H8BrCl2NO. The average molecular weight is 345 g/mol. The van der Waals surface area contributed by atoms with Crippen molar-refractivity contribution in [3.05, 3.63) is 62.5 Å². The predicted octanol–water partition coefficient (Wildman–Crippen LogP) is 5.01. The second-order valence-corrected chi connectivity index (χ2v) is 5.23. The Hall–Kier alpha value is -1.03. The van der Waals surface area contributed by atoms with E-state index in [2.05, 4.69) is 21.2 Å². The van der Waals surface area contributed by atoms with Gasteiger partial charge in [-0.2, -0.15) is 0 Å². The molecule has 18 heavy (non-hydrogen) atoms. The fourth-order valence-corrected chi connectivity index (χ4v) is 2.18. The van der Waals surface area contributed by atoms with Crippen LogP contribution in [0.4, 0.5) is 5.69 Å². The van der Waals surface area contributed by atoms with Crippen LogP contribution in [0, 0.1) is 0 Å². The summed E-state index contributed by atoms with van der Waals surface area (Å²) >= 11 is 15.0. The second kappa shape index (κ2) is 5.74. The van der Waals surface area contributed by atoms with Crippen LogP contribution in [0.15, 0.2) is 46.9 Å². The minimum absolute atomic E-state index is 0.208. The van der Waals surface area contributed by atoms with E-state index in [1.165, 1.54) is 0 Å². The topological polar surface area (TPSA) is 29.1 Å². The number of hydrogen-bond acceptors (Lipinski definition) is 1. The summed E-state index contributed by atoms with van der Waals surface area (Å²) in [5.41, 5.74) is 1.16. The maximum absolute atomic E-state index is 12.0. The summed E-state index contributed by atoms with van der Waals surface area (Å²) < 4.78 is 0.738.